The van der Waals surface area contributed by atoms with Gasteiger partial charge in [-0.05, 0) is 17.9 Å². The number of hydrogen-bond acceptors (Lipinski definition) is 1. The number of rotatable bonds is 2. The van der Waals surface area contributed by atoms with Gasteiger partial charge in [-0.1, -0.05) is 30.3 Å². The van der Waals surface area contributed by atoms with Crippen molar-refractivity contribution in [1.82, 2.24) is 0 Å². The van der Waals surface area contributed by atoms with Crippen LogP contribution in [0, 0.1) is 5.92 Å². The van der Waals surface area contributed by atoms with E-state index in [4.69, 9.17) is 5.11 Å². The van der Waals surface area contributed by atoms with Crippen molar-refractivity contribution < 1.29 is 27.0 Å². The first-order valence-electron chi connectivity index (χ1n) is 4.07. The van der Waals surface area contributed by atoms with E-state index in [-0.39, 0.29) is 28.9 Å². The molecule has 0 amide bonds. The molecule has 1 N–H and O–H groups in total. The molecule has 0 aromatic heterocycles. The summed E-state index contributed by atoms with van der Waals surface area (Å²) >= 11 is 0. The van der Waals surface area contributed by atoms with Crippen LogP contribution in [0.3, 0.4) is 0 Å². The topological polar surface area (TPSA) is 37.3 Å². The van der Waals surface area contributed by atoms with Gasteiger partial charge in [-0.3, -0.25) is 4.79 Å². The van der Waals surface area contributed by atoms with Crippen molar-refractivity contribution in [2.24, 2.45) is 5.92 Å². The largest absolute Gasteiger partial charge is 0.481 e. The van der Waals surface area contributed by atoms with Gasteiger partial charge in [0.1, 0.15) is 0 Å². The second-order valence-corrected chi connectivity index (χ2v) is 3.20. The molecule has 0 spiro atoms. The Morgan fingerprint density at radius 2 is 1.92 bits per heavy atom. The molecule has 2 unspecified atom stereocenters. The number of carbonyl (C=O) groups is 1. The molecule has 1 aromatic rings. The predicted octanol–water partition coefficient (Wildman–Crippen LogP) is 1.87. The van der Waals surface area contributed by atoms with Gasteiger partial charge in [-0.15, -0.1) is 0 Å². The van der Waals surface area contributed by atoms with Gasteiger partial charge in [0, 0.05) is 17.1 Å². The van der Waals surface area contributed by atoms with Crippen molar-refractivity contribution in [3.63, 3.8) is 0 Å². The molecule has 2 atom stereocenters. The first-order valence-corrected chi connectivity index (χ1v) is 4.07. The molecule has 13 heavy (non-hydrogen) atoms. The number of benzene rings is 1. The second-order valence-electron chi connectivity index (χ2n) is 3.20. The second kappa shape index (κ2) is 3.95. The molecule has 1 aliphatic rings. The van der Waals surface area contributed by atoms with Crippen LogP contribution in [-0.2, 0) is 21.9 Å². The van der Waals surface area contributed by atoms with E-state index in [9.17, 15) is 4.79 Å². The van der Waals surface area contributed by atoms with Gasteiger partial charge in [0.05, 0.1) is 5.92 Å². The third-order valence-corrected chi connectivity index (χ3v) is 2.34. The Bertz CT molecular complexity index is 297. The zero-order valence-electron chi connectivity index (χ0n) is 6.91. The van der Waals surface area contributed by atoms with Crippen molar-refractivity contribution in [3.05, 3.63) is 35.9 Å². The van der Waals surface area contributed by atoms with Crippen LogP contribution in [0.25, 0.3) is 0 Å². The minimum atomic E-state index is -0.663. The molecule has 0 saturated heterocycles. The first-order chi connectivity index (χ1) is 5.79. The van der Waals surface area contributed by atoms with Crippen molar-refractivity contribution >= 4 is 5.97 Å². The van der Waals surface area contributed by atoms with Crippen molar-refractivity contribution in [1.29, 1.82) is 0 Å². The van der Waals surface area contributed by atoms with E-state index in [0.29, 0.717) is 0 Å². The molecular weight excluding hydrogens is 216 g/mol. The number of carboxylic acid groups (broad SMARTS) is 1. The van der Waals surface area contributed by atoms with Crippen LogP contribution in [0.5, 0.6) is 0 Å². The summed E-state index contributed by atoms with van der Waals surface area (Å²) < 4.78 is 0. The maximum Gasteiger partial charge on any atom is 0.307 e. The fourth-order valence-corrected chi connectivity index (χ4v) is 1.54. The zero-order valence-corrected chi connectivity index (χ0v) is 7.85. The molecule has 1 aliphatic carbocycles. The van der Waals surface area contributed by atoms with Crippen LogP contribution in [0.15, 0.2) is 30.3 Å². The van der Waals surface area contributed by atoms with Gasteiger partial charge < -0.3 is 5.11 Å². The summed E-state index contributed by atoms with van der Waals surface area (Å²) in [5.74, 6) is -0.528. The summed E-state index contributed by atoms with van der Waals surface area (Å²) in [5, 5.41) is 8.68. The molecular formula is C10H10CuO2. The number of carboxylic acids is 1. The van der Waals surface area contributed by atoms with E-state index in [1.165, 1.54) is 0 Å². The van der Waals surface area contributed by atoms with Gasteiger partial charge in [-0.25, -0.2) is 0 Å². The fraction of sp³-hybridized carbons (Fsp3) is 0.300. The monoisotopic (exact) mass is 225 g/mol. The molecule has 0 bridgehead atoms. The Labute approximate surface area is 87.4 Å². The molecule has 0 heterocycles. The molecule has 73 valence electrons. The summed E-state index contributed by atoms with van der Waals surface area (Å²) in [5.41, 5.74) is 1.16. The molecule has 1 saturated carbocycles. The van der Waals surface area contributed by atoms with E-state index in [1.807, 2.05) is 30.3 Å². The van der Waals surface area contributed by atoms with Gasteiger partial charge >= 0.3 is 5.97 Å². The van der Waals surface area contributed by atoms with Crippen LogP contribution in [0.4, 0.5) is 0 Å². The van der Waals surface area contributed by atoms with Crippen LogP contribution in [-0.4, -0.2) is 11.1 Å². The summed E-state index contributed by atoms with van der Waals surface area (Å²) in [6, 6.07) is 9.84. The normalized spacial score (nSPS) is 24.6. The Morgan fingerprint density at radius 3 is 2.38 bits per heavy atom. The zero-order chi connectivity index (χ0) is 8.55. The third kappa shape index (κ3) is 2.11. The number of aliphatic carboxylic acids is 1. The van der Waals surface area contributed by atoms with Crippen LogP contribution < -0.4 is 0 Å². The van der Waals surface area contributed by atoms with Gasteiger partial charge in [0.2, 0.25) is 0 Å². The van der Waals surface area contributed by atoms with E-state index in [1.54, 1.807) is 0 Å². The summed E-state index contributed by atoms with van der Waals surface area (Å²) in [4.78, 5) is 10.5. The molecule has 1 fully saturated rings. The molecule has 2 rings (SSSR count). The minimum absolute atomic E-state index is 0. The SMILES string of the molecule is O=C(O)C1CC1c1ccccc1.[Cu]. The Morgan fingerprint density at radius 1 is 1.31 bits per heavy atom. The van der Waals surface area contributed by atoms with Gasteiger partial charge in [-0.2, -0.15) is 0 Å². The van der Waals surface area contributed by atoms with E-state index in [0.717, 1.165) is 12.0 Å². The summed E-state index contributed by atoms with van der Waals surface area (Å²) in [6.07, 6.45) is 0.805. The van der Waals surface area contributed by atoms with Crippen LogP contribution in [0.1, 0.15) is 17.9 Å². The average molecular weight is 226 g/mol. The van der Waals surface area contributed by atoms with Crippen molar-refractivity contribution in [2.45, 2.75) is 12.3 Å². The Kier molecular flexibility index (Phi) is 3.12. The fourth-order valence-electron chi connectivity index (χ4n) is 1.54. The standard InChI is InChI=1S/C10H10O2.Cu/c11-10(12)9-6-8(9)7-4-2-1-3-5-7;/h1-5,8-9H,6H2,(H,11,12);. The molecule has 1 aromatic carbocycles. The van der Waals surface area contributed by atoms with Gasteiger partial charge in [0.15, 0.2) is 0 Å². The van der Waals surface area contributed by atoms with Crippen molar-refractivity contribution in [2.75, 3.05) is 0 Å². The molecule has 3 heteroatoms. The maximum absolute atomic E-state index is 10.5. The van der Waals surface area contributed by atoms with Crippen LogP contribution in [0.2, 0.25) is 0 Å². The quantitative estimate of drug-likeness (QED) is 0.781. The smallest absolute Gasteiger partial charge is 0.307 e. The summed E-state index contributed by atoms with van der Waals surface area (Å²) in [6.45, 7) is 0. The third-order valence-electron chi connectivity index (χ3n) is 2.34. The minimum Gasteiger partial charge on any atom is -0.481 e. The predicted molar refractivity (Wildman–Crippen MR) is 44.9 cm³/mol. The van der Waals surface area contributed by atoms with Gasteiger partial charge in [0.25, 0.3) is 0 Å². The molecule has 0 aliphatic heterocycles. The maximum atomic E-state index is 10.5. The number of hydrogen-bond donors (Lipinski definition) is 1. The Balaban J connectivity index is 0.000000845. The summed E-state index contributed by atoms with van der Waals surface area (Å²) in [7, 11) is 0. The van der Waals surface area contributed by atoms with E-state index < -0.39 is 5.97 Å². The average Bonchev–Trinajstić information content (AvgIpc) is 2.84. The van der Waals surface area contributed by atoms with E-state index >= 15 is 0 Å². The van der Waals surface area contributed by atoms with Crippen LogP contribution >= 0.6 is 0 Å². The first kappa shape index (κ1) is 10.3. The Hall–Kier alpha value is -0.791. The molecule has 2 nitrogen and oxygen atoms in total. The van der Waals surface area contributed by atoms with E-state index in [2.05, 4.69) is 0 Å². The van der Waals surface area contributed by atoms with Crippen molar-refractivity contribution in [3.8, 4) is 0 Å². The molecule has 1 radical (unpaired) electrons.